The molecule has 3 aromatic rings. The molecule has 0 fully saturated rings. The fraction of sp³-hybridized carbons (Fsp3) is 0.118. The molecule has 2 N–H and O–H groups in total. The van der Waals surface area contributed by atoms with Crippen LogP contribution in [0.15, 0.2) is 47.5 Å². The molecule has 1 heterocycles. The van der Waals surface area contributed by atoms with Crippen LogP contribution < -0.4 is 4.74 Å². The molecule has 4 nitrogen and oxygen atoms in total. The van der Waals surface area contributed by atoms with Gasteiger partial charge in [-0.05, 0) is 35.9 Å². The average Bonchev–Trinajstić information content (AvgIpc) is 2.83. The van der Waals surface area contributed by atoms with Crippen LogP contribution in [-0.4, -0.2) is 23.4 Å². The van der Waals surface area contributed by atoms with Crippen molar-refractivity contribution in [2.24, 2.45) is 4.99 Å². The SMILES string of the molecule is COc1ccc(CN=Cc2c(O)[nH]c3ccc(Cl)cc23)cc1. The number of hydrogen-bond donors (Lipinski definition) is 2. The predicted molar refractivity (Wildman–Crippen MR) is 89.3 cm³/mol. The molecule has 0 aliphatic rings. The standard InChI is InChI=1S/C17H15ClN2O2/c1-22-13-5-2-11(3-6-13)9-19-10-15-14-8-12(18)4-7-16(14)20-17(15)21/h2-8,10,20-21H,9H2,1H3. The Morgan fingerprint density at radius 1 is 1.23 bits per heavy atom. The number of ether oxygens (including phenoxy) is 1. The molecule has 0 aliphatic carbocycles. The van der Waals surface area contributed by atoms with Gasteiger partial charge in [0.05, 0.1) is 19.2 Å². The molecule has 0 unspecified atom stereocenters. The van der Waals surface area contributed by atoms with Crippen molar-refractivity contribution in [1.82, 2.24) is 4.98 Å². The summed E-state index contributed by atoms with van der Waals surface area (Å²) >= 11 is 6.01. The third-order valence-corrected chi connectivity index (χ3v) is 3.67. The quantitative estimate of drug-likeness (QED) is 0.711. The van der Waals surface area contributed by atoms with Crippen LogP contribution >= 0.6 is 11.6 Å². The number of aromatic amines is 1. The van der Waals surface area contributed by atoms with E-state index >= 15 is 0 Å². The first kappa shape index (κ1) is 14.5. The highest BCUT2D eigenvalue weighted by Gasteiger charge is 2.08. The summed E-state index contributed by atoms with van der Waals surface area (Å²) in [5.41, 5.74) is 2.54. The molecule has 0 aliphatic heterocycles. The Morgan fingerprint density at radius 2 is 2.00 bits per heavy atom. The fourth-order valence-corrected chi connectivity index (χ4v) is 2.45. The van der Waals surface area contributed by atoms with Crippen LogP contribution in [0, 0.1) is 0 Å². The summed E-state index contributed by atoms with van der Waals surface area (Å²) in [6.07, 6.45) is 1.66. The van der Waals surface area contributed by atoms with E-state index in [9.17, 15) is 5.11 Å². The maximum atomic E-state index is 9.98. The Kier molecular flexibility index (Phi) is 4.02. The van der Waals surface area contributed by atoms with Gasteiger partial charge in [0.2, 0.25) is 0 Å². The average molecular weight is 315 g/mol. The number of methoxy groups -OCH3 is 1. The Balaban J connectivity index is 1.82. The van der Waals surface area contributed by atoms with Crippen molar-refractivity contribution in [3.63, 3.8) is 0 Å². The third-order valence-electron chi connectivity index (χ3n) is 3.43. The molecule has 0 saturated heterocycles. The number of halogens is 1. The number of aliphatic imine (C=N–C) groups is 1. The lowest BCUT2D eigenvalue weighted by molar-refractivity contribution is 0.414. The molecule has 0 bridgehead atoms. The zero-order chi connectivity index (χ0) is 15.5. The van der Waals surface area contributed by atoms with Gasteiger partial charge in [0.1, 0.15) is 5.75 Å². The van der Waals surface area contributed by atoms with Gasteiger partial charge in [-0.2, -0.15) is 0 Å². The first-order valence-electron chi connectivity index (χ1n) is 6.80. The first-order valence-corrected chi connectivity index (χ1v) is 7.18. The largest absolute Gasteiger partial charge is 0.497 e. The fourth-order valence-electron chi connectivity index (χ4n) is 2.27. The first-order chi connectivity index (χ1) is 10.7. The van der Waals surface area contributed by atoms with Crippen molar-refractivity contribution < 1.29 is 9.84 Å². The molecule has 2 aromatic carbocycles. The van der Waals surface area contributed by atoms with Crippen LogP contribution in [0.5, 0.6) is 11.6 Å². The van der Waals surface area contributed by atoms with E-state index in [1.165, 1.54) is 0 Å². The molecule has 3 rings (SSSR count). The Labute approximate surface area is 133 Å². The lowest BCUT2D eigenvalue weighted by Crippen LogP contribution is -1.86. The number of fused-ring (bicyclic) bond motifs is 1. The summed E-state index contributed by atoms with van der Waals surface area (Å²) in [4.78, 5) is 7.30. The Hall–Kier alpha value is -2.46. The molecule has 0 radical (unpaired) electrons. The predicted octanol–water partition coefficient (Wildman–Crippen LogP) is 4.15. The van der Waals surface area contributed by atoms with Crippen molar-refractivity contribution in [1.29, 1.82) is 0 Å². The third kappa shape index (κ3) is 2.92. The summed E-state index contributed by atoms with van der Waals surface area (Å²) in [5, 5.41) is 11.5. The van der Waals surface area contributed by atoms with E-state index in [0.717, 1.165) is 22.2 Å². The maximum absolute atomic E-state index is 9.98. The summed E-state index contributed by atoms with van der Waals surface area (Å²) in [7, 11) is 1.64. The van der Waals surface area contributed by atoms with E-state index in [1.807, 2.05) is 36.4 Å². The minimum atomic E-state index is 0.0933. The van der Waals surface area contributed by atoms with Crippen LogP contribution in [0.4, 0.5) is 0 Å². The molecule has 0 atom stereocenters. The van der Waals surface area contributed by atoms with Crippen molar-refractivity contribution in [2.75, 3.05) is 7.11 Å². The highest BCUT2D eigenvalue weighted by Crippen LogP contribution is 2.28. The number of aromatic hydroxyl groups is 1. The second-order valence-electron chi connectivity index (χ2n) is 4.90. The molecule has 1 aromatic heterocycles. The Morgan fingerprint density at radius 3 is 2.73 bits per heavy atom. The van der Waals surface area contributed by atoms with Crippen LogP contribution in [0.25, 0.3) is 10.9 Å². The molecule has 5 heteroatoms. The summed E-state index contributed by atoms with van der Waals surface area (Å²) in [5.74, 6) is 0.910. The van der Waals surface area contributed by atoms with E-state index < -0.39 is 0 Å². The minimum absolute atomic E-state index is 0.0933. The van der Waals surface area contributed by atoms with Gasteiger partial charge in [-0.15, -0.1) is 0 Å². The highest BCUT2D eigenvalue weighted by molar-refractivity contribution is 6.31. The summed E-state index contributed by atoms with van der Waals surface area (Å²) in [6, 6.07) is 13.1. The van der Waals surface area contributed by atoms with Gasteiger partial charge in [-0.3, -0.25) is 4.99 Å². The van der Waals surface area contributed by atoms with Gasteiger partial charge in [-0.25, -0.2) is 0 Å². The van der Waals surface area contributed by atoms with Gasteiger partial charge in [0.15, 0.2) is 5.88 Å². The molecular weight excluding hydrogens is 300 g/mol. The number of rotatable bonds is 4. The minimum Gasteiger partial charge on any atom is -0.497 e. The van der Waals surface area contributed by atoms with E-state index in [4.69, 9.17) is 16.3 Å². The topological polar surface area (TPSA) is 57.6 Å². The van der Waals surface area contributed by atoms with Crippen molar-refractivity contribution in [3.8, 4) is 11.6 Å². The van der Waals surface area contributed by atoms with E-state index in [2.05, 4.69) is 9.98 Å². The van der Waals surface area contributed by atoms with E-state index in [-0.39, 0.29) is 5.88 Å². The summed E-state index contributed by atoms with van der Waals surface area (Å²) in [6.45, 7) is 0.524. The van der Waals surface area contributed by atoms with Crippen molar-refractivity contribution in [3.05, 3.63) is 58.6 Å². The monoisotopic (exact) mass is 314 g/mol. The number of nitrogens with zero attached hydrogens (tertiary/aromatic N) is 1. The molecule has 0 amide bonds. The Bertz CT molecular complexity index is 823. The summed E-state index contributed by atoms with van der Waals surface area (Å²) < 4.78 is 5.12. The lowest BCUT2D eigenvalue weighted by atomic mass is 10.2. The van der Waals surface area contributed by atoms with Crippen LogP contribution in [0.2, 0.25) is 5.02 Å². The van der Waals surface area contributed by atoms with Crippen LogP contribution in [0.1, 0.15) is 11.1 Å². The molecule has 112 valence electrons. The van der Waals surface area contributed by atoms with E-state index in [1.54, 1.807) is 19.4 Å². The number of benzene rings is 2. The zero-order valence-electron chi connectivity index (χ0n) is 12.0. The second kappa shape index (κ2) is 6.12. The number of hydrogen-bond acceptors (Lipinski definition) is 3. The van der Waals surface area contributed by atoms with Gasteiger partial charge < -0.3 is 14.8 Å². The number of nitrogens with one attached hydrogen (secondary N) is 1. The van der Waals surface area contributed by atoms with Crippen LogP contribution in [0.3, 0.4) is 0 Å². The second-order valence-corrected chi connectivity index (χ2v) is 5.33. The number of aromatic nitrogens is 1. The van der Waals surface area contributed by atoms with Gasteiger partial charge in [0, 0.05) is 22.1 Å². The van der Waals surface area contributed by atoms with Gasteiger partial charge in [0.25, 0.3) is 0 Å². The van der Waals surface area contributed by atoms with Gasteiger partial charge in [-0.1, -0.05) is 23.7 Å². The van der Waals surface area contributed by atoms with Crippen LogP contribution in [-0.2, 0) is 6.54 Å². The smallest absolute Gasteiger partial charge is 0.198 e. The normalized spacial score (nSPS) is 11.4. The van der Waals surface area contributed by atoms with E-state index in [0.29, 0.717) is 17.1 Å². The van der Waals surface area contributed by atoms with Crippen molar-refractivity contribution in [2.45, 2.75) is 6.54 Å². The maximum Gasteiger partial charge on any atom is 0.198 e. The zero-order valence-corrected chi connectivity index (χ0v) is 12.8. The molecule has 22 heavy (non-hydrogen) atoms. The highest BCUT2D eigenvalue weighted by atomic mass is 35.5. The van der Waals surface area contributed by atoms with Crippen molar-refractivity contribution >= 4 is 28.7 Å². The van der Waals surface area contributed by atoms with Gasteiger partial charge >= 0.3 is 0 Å². The number of H-pyrrole nitrogens is 1. The molecule has 0 saturated carbocycles. The lowest BCUT2D eigenvalue weighted by Gasteiger charge is -2.00. The molecule has 0 spiro atoms. The molecular formula is C17H15ClN2O2.